The van der Waals surface area contributed by atoms with E-state index in [-0.39, 0.29) is 22.5 Å². The molecule has 0 aromatic carbocycles. The zero-order chi connectivity index (χ0) is 16.1. The Bertz CT molecular complexity index is 577. The Labute approximate surface area is 138 Å². The van der Waals surface area contributed by atoms with Gasteiger partial charge in [-0.05, 0) is 44.4 Å². The zero-order valence-electron chi connectivity index (χ0n) is 13.5. The van der Waals surface area contributed by atoms with E-state index in [2.05, 4.69) is 5.32 Å². The van der Waals surface area contributed by atoms with Crippen LogP contribution in [0.1, 0.15) is 38.5 Å². The highest BCUT2D eigenvalue weighted by Gasteiger charge is 2.55. The number of carbonyl (C=O) groups is 1. The Morgan fingerprint density at radius 3 is 2.48 bits per heavy atom. The smallest absolute Gasteiger partial charge is 0.225 e. The summed E-state index contributed by atoms with van der Waals surface area (Å²) in [6.45, 7) is 2.86. The maximum atomic E-state index is 12.7. The third-order valence-corrected chi connectivity index (χ3v) is 8.30. The number of amides is 1. The molecular formula is C16H26N2O4S. The average Bonchev–Trinajstić information content (AvgIpc) is 3.44. The van der Waals surface area contributed by atoms with E-state index in [9.17, 15) is 13.2 Å². The average molecular weight is 342 g/mol. The molecule has 0 aromatic rings. The van der Waals surface area contributed by atoms with Crippen LogP contribution in [0.25, 0.3) is 0 Å². The summed E-state index contributed by atoms with van der Waals surface area (Å²) in [6.07, 6.45) is 5.51. The molecule has 1 unspecified atom stereocenters. The standard InChI is InChI=1S/C16H26N2O4S/c19-15(17-9-12-1-2-12)14-10-18(23(20,21)13-3-4-13)11-16(14)5-7-22-8-6-16/h12-14H,1-11H2,(H,17,19). The van der Waals surface area contributed by atoms with E-state index in [0.717, 1.165) is 32.2 Å². The normalized spacial score (nSPS) is 31.4. The first-order chi connectivity index (χ1) is 11.0. The number of rotatable bonds is 5. The first-order valence-electron chi connectivity index (χ1n) is 8.86. The number of hydrogen-bond acceptors (Lipinski definition) is 4. The summed E-state index contributed by atoms with van der Waals surface area (Å²) >= 11 is 0. The summed E-state index contributed by atoms with van der Waals surface area (Å²) in [4.78, 5) is 12.7. The predicted octanol–water partition coefficient (Wildman–Crippen LogP) is 0.733. The van der Waals surface area contributed by atoms with Crippen LogP contribution in [0.4, 0.5) is 0 Å². The highest BCUT2D eigenvalue weighted by molar-refractivity contribution is 7.90. The molecule has 1 N–H and O–H groups in total. The minimum absolute atomic E-state index is 0.0484. The van der Waals surface area contributed by atoms with Gasteiger partial charge in [0.25, 0.3) is 0 Å². The van der Waals surface area contributed by atoms with Gasteiger partial charge in [-0.25, -0.2) is 12.7 Å². The Balaban J connectivity index is 1.52. The first-order valence-corrected chi connectivity index (χ1v) is 10.4. The number of carbonyl (C=O) groups excluding carboxylic acids is 1. The van der Waals surface area contributed by atoms with Crippen LogP contribution in [0.2, 0.25) is 0 Å². The van der Waals surface area contributed by atoms with Crippen molar-refractivity contribution >= 4 is 15.9 Å². The third-order valence-electron chi connectivity index (χ3n) is 5.99. The number of nitrogens with one attached hydrogen (secondary N) is 1. The van der Waals surface area contributed by atoms with Crippen LogP contribution < -0.4 is 5.32 Å². The van der Waals surface area contributed by atoms with Crippen LogP contribution in [0, 0.1) is 17.3 Å². The molecule has 0 radical (unpaired) electrons. The van der Waals surface area contributed by atoms with Gasteiger partial charge in [0.15, 0.2) is 0 Å². The van der Waals surface area contributed by atoms with Gasteiger partial charge in [-0.3, -0.25) is 4.79 Å². The van der Waals surface area contributed by atoms with E-state index in [1.807, 2.05) is 0 Å². The summed E-state index contributed by atoms with van der Waals surface area (Å²) in [5.41, 5.74) is -0.228. The number of nitrogens with zero attached hydrogens (tertiary/aromatic N) is 1. The van der Waals surface area contributed by atoms with Crippen molar-refractivity contribution in [3.05, 3.63) is 0 Å². The van der Waals surface area contributed by atoms with Crippen molar-refractivity contribution in [3.8, 4) is 0 Å². The molecule has 1 amide bonds. The molecule has 2 aliphatic carbocycles. The Hall–Kier alpha value is -0.660. The van der Waals surface area contributed by atoms with Crippen LogP contribution in [0.5, 0.6) is 0 Å². The third kappa shape index (κ3) is 3.03. The molecule has 2 saturated heterocycles. The maximum absolute atomic E-state index is 12.7. The molecule has 2 aliphatic heterocycles. The molecule has 4 aliphatic rings. The molecule has 130 valence electrons. The van der Waals surface area contributed by atoms with Crippen LogP contribution in [0.3, 0.4) is 0 Å². The Morgan fingerprint density at radius 2 is 1.87 bits per heavy atom. The molecule has 1 spiro atoms. The lowest BCUT2D eigenvalue weighted by atomic mass is 9.72. The van der Waals surface area contributed by atoms with Gasteiger partial charge in [-0.2, -0.15) is 0 Å². The fourth-order valence-electron chi connectivity index (χ4n) is 4.03. The lowest BCUT2D eigenvalue weighted by Crippen LogP contribution is -2.44. The monoisotopic (exact) mass is 342 g/mol. The van der Waals surface area contributed by atoms with E-state index in [1.54, 1.807) is 4.31 Å². The van der Waals surface area contributed by atoms with Crippen molar-refractivity contribution in [1.82, 2.24) is 9.62 Å². The summed E-state index contributed by atoms with van der Waals surface area (Å²) in [7, 11) is -3.21. The van der Waals surface area contributed by atoms with E-state index < -0.39 is 10.0 Å². The van der Waals surface area contributed by atoms with Gasteiger partial charge in [0.2, 0.25) is 15.9 Å². The van der Waals surface area contributed by atoms with E-state index in [1.165, 1.54) is 12.8 Å². The second-order valence-electron chi connectivity index (χ2n) is 7.75. The lowest BCUT2D eigenvalue weighted by molar-refractivity contribution is -0.129. The Morgan fingerprint density at radius 1 is 1.17 bits per heavy atom. The molecule has 23 heavy (non-hydrogen) atoms. The van der Waals surface area contributed by atoms with E-state index >= 15 is 0 Å². The predicted molar refractivity (Wildman–Crippen MR) is 85.2 cm³/mol. The van der Waals surface area contributed by atoms with Crippen molar-refractivity contribution in [1.29, 1.82) is 0 Å². The van der Waals surface area contributed by atoms with Crippen LogP contribution in [-0.4, -0.2) is 56.7 Å². The van der Waals surface area contributed by atoms with Gasteiger partial charge >= 0.3 is 0 Å². The zero-order valence-corrected chi connectivity index (χ0v) is 14.3. The highest BCUT2D eigenvalue weighted by atomic mass is 32.2. The summed E-state index contributed by atoms with van der Waals surface area (Å²) in [6, 6.07) is 0. The van der Waals surface area contributed by atoms with Crippen molar-refractivity contribution in [2.45, 2.75) is 43.8 Å². The topological polar surface area (TPSA) is 75.7 Å². The van der Waals surface area contributed by atoms with Crippen molar-refractivity contribution < 1.29 is 17.9 Å². The molecule has 0 aromatic heterocycles. The summed E-state index contributed by atoms with van der Waals surface area (Å²) < 4.78 is 32.3. The number of hydrogen-bond donors (Lipinski definition) is 1. The van der Waals surface area contributed by atoms with Crippen LogP contribution >= 0.6 is 0 Å². The molecule has 1 atom stereocenters. The van der Waals surface area contributed by atoms with Gasteiger partial charge in [0.05, 0.1) is 11.2 Å². The second kappa shape index (κ2) is 5.70. The minimum atomic E-state index is -3.21. The molecular weight excluding hydrogens is 316 g/mol. The van der Waals surface area contributed by atoms with Gasteiger partial charge in [0, 0.05) is 38.3 Å². The highest BCUT2D eigenvalue weighted by Crippen LogP contribution is 2.47. The fourth-order valence-corrected chi connectivity index (χ4v) is 5.98. The number of ether oxygens (including phenoxy) is 1. The van der Waals surface area contributed by atoms with Gasteiger partial charge in [-0.1, -0.05) is 0 Å². The largest absolute Gasteiger partial charge is 0.381 e. The van der Waals surface area contributed by atoms with Gasteiger partial charge in [-0.15, -0.1) is 0 Å². The minimum Gasteiger partial charge on any atom is -0.381 e. The summed E-state index contributed by atoms with van der Waals surface area (Å²) in [5, 5.41) is 2.87. The molecule has 2 heterocycles. The molecule has 4 fully saturated rings. The van der Waals surface area contributed by atoms with Gasteiger partial charge in [0.1, 0.15) is 0 Å². The van der Waals surface area contributed by atoms with Crippen LogP contribution in [-0.2, 0) is 19.6 Å². The van der Waals surface area contributed by atoms with Crippen LogP contribution in [0.15, 0.2) is 0 Å². The van der Waals surface area contributed by atoms with Crippen molar-refractivity contribution in [2.24, 2.45) is 17.3 Å². The fraction of sp³-hybridized carbons (Fsp3) is 0.938. The SMILES string of the molecule is O=C(NCC1CC1)C1CN(S(=O)(=O)C2CC2)CC12CCOCC2. The lowest BCUT2D eigenvalue weighted by Gasteiger charge is -2.37. The molecule has 0 bridgehead atoms. The maximum Gasteiger partial charge on any atom is 0.225 e. The summed E-state index contributed by atoms with van der Waals surface area (Å²) in [5.74, 6) is 0.461. The molecule has 6 nitrogen and oxygen atoms in total. The van der Waals surface area contributed by atoms with Crippen molar-refractivity contribution in [3.63, 3.8) is 0 Å². The quantitative estimate of drug-likeness (QED) is 0.799. The van der Waals surface area contributed by atoms with E-state index in [4.69, 9.17) is 4.74 Å². The van der Waals surface area contributed by atoms with Crippen molar-refractivity contribution in [2.75, 3.05) is 32.8 Å². The Kier molecular flexibility index (Phi) is 3.93. The van der Waals surface area contributed by atoms with Gasteiger partial charge < -0.3 is 10.1 Å². The van der Waals surface area contributed by atoms with E-state index in [0.29, 0.717) is 32.2 Å². The number of sulfonamides is 1. The molecule has 7 heteroatoms. The second-order valence-corrected chi connectivity index (χ2v) is 9.97. The molecule has 2 saturated carbocycles. The molecule has 4 rings (SSSR count). The first kappa shape index (κ1) is 15.8.